The second kappa shape index (κ2) is 4.66. The molecular formula is C15H19F2N3O. The van der Waals surface area contributed by atoms with Gasteiger partial charge in [0.05, 0.1) is 11.6 Å². The first-order valence-corrected chi connectivity index (χ1v) is 7.10. The van der Waals surface area contributed by atoms with Crippen LogP contribution in [0, 0.1) is 17.0 Å². The lowest BCUT2D eigenvalue weighted by Crippen LogP contribution is -2.51. The molecule has 4 nitrogen and oxygen atoms in total. The van der Waals surface area contributed by atoms with Crippen molar-refractivity contribution in [3.63, 3.8) is 0 Å². The highest BCUT2D eigenvalue weighted by Gasteiger charge is 2.50. The van der Waals surface area contributed by atoms with Crippen molar-refractivity contribution in [2.24, 2.45) is 5.41 Å². The number of nitrogens with zero attached hydrogens (tertiary/aromatic N) is 2. The minimum absolute atomic E-state index is 0.0141. The number of fused-ring (bicyclic) bond motifs is 1. The first-order chi connectivity index (χ1) is 9.86. The Hall–Kier alpha value is -1.69. The summed E-state index contributed by atoms with van der Waals surface area (Å²) in [6, 6.07) is 2.13. The maximum absolute atomic E-state index is 13.8. The van der Waals surface area contributed by atoms with Crippen molar-refractivity contribution in [3.8, 4) is 0 Å². The second-order valence-electron chi connectivity index (χ2n) is 6.11. The summed E-state index contributed by atoms with van der Waals surface area (Å²) in [4.78, 5) is 4.05. The second-order valence-corrected chi connectivity index (χ2v) is 6.11. The number of imidazole rings is 1. The van der Waals surface area contributed by atoms with Crippen molar-refractivity contribution < 1.29 is 13.5 Å². The molecule has 2 atom stereocenters. The summed E-state index contributed by atoms with van der Waals surface area (Å²) in [5, 5.41) is 0. The molecule has 1 aromatic carbocycles. The first kappa shape index (κ1) is 14.3. The monoisotopic (exact) mass is 295 g/mol. The van der Waals surface area contributed by atoms with Crippen LogP contribution >= 0.6 is 0 Å². The summed E-state index contributed by atoms with van der Waals surface area (Å²) in [6.07, 6.45) is 0.872. The third-order valence-electron chi connectivity index (χ3n) is 4.55. The first-order valence-electron chi connectivity index (χ1n) is 7.10. The summed E-state index contributed by atoms with van der Waals surface area (Å²) >= 11 is 0. The molecule has 1 saturated carbocycles. The normalized spacial score (nSPS) is 24.2. The average molecular weight is 295 g/mol. The number of halogens is 2. The SMILES string of the molecule is CCOC1CC(n2c(N)nc3c(F)cc(F)cc32)C1(C)C. The van der Waals surface area contributed by atoms with Crippen LogP contribution in [0.25, 0.3) is 11.0 Å². The van der Waals surface area contributed by atoms with Gasteiger partial charge in [-0.25, -0.2) is 13.8 Å². The molecule has 2 aromatic rings. The van der Waals surface area contributed by atoms with Crippen LogP contribution in [-0.2, 0) is 4.74 Å². The van der Waals surface area contributed by atoms with Crippen LogP contribution in [0.5, 0.6) is 0 Å². The Morgan fingerprint density at radius 1 is 1.43 bits per heavy atom. The van der Waals surface area contributed by atoms with Gasteiger partial charge in [0.25, 0.3) is 0 Å². The molecule has 2 N–H and O–H groups in total. The molecule has 1 aliphatic carbocycles. The van der Waals surface area contributed by atoms with Gasteiger partial charge in [-0.05, 0) is 13.3 Å². The Bertz CT molecular complexity index is 696. The standard InChI is InChI=1S/C15H19F2N3O/c1-4-21-12-7-11(15(12,2)3)20-10-6-8(16)5-9(17)13(10)19-14(20)18/h5-6,11-12H,4,7H2,1-3H3,(H2,18,19). The number of ether oxygens (including phenoxy) is 1. The number of hydrogen-bond donors (Lipinski definition) is 1. The van der Waals surface area contributed by atoms with Gasteiger partial charge < -0.3 is 15.0 Å². The van der Waals surface area contributed by atoms with Crippen LogP contribution in [0.4, 0.5) is 14.7 Å². The molecule has 0 bridgehead atoms. The van der Waals surface area contributed by atoms with E-state index in [0.29, 0.717) is 12.1 Å². The third-order valence-corrected chi connectivity index (χ3v) is 4.55. The van der Waals surface area contributed by atoms with Crippen molar-refractivity contribution in [1.29, 1.82) is 0 Å². The van der Waals surface area contributed by atoms with Crippen LogP contribution in [0.15, 0.2) is 12.1 Å². The van der Waals surface area contributed by atoms with E-state index in [1.54, 1.807) is 4.57 Å². The molecule has 0 radical (unpaired) electrons. The van der Waals surface area contributed by atoms with Crippen molar-refractivity contribution in [1.82, 2.24) is 9.55 Å². The Balaban J connectivity index is 2.08. The van der Waals surface area contributed by atoms with Gasteiger partial charge in [0.15, 0.2) is 5.82 Å². The number of hydrogen-bond acceptors (Lipinski definition) is 3. The highest BCUT2D eigenvalue weighted by molar-refractivity contribution is 5.79. The summed E-state index contributed by atoms with van der Waals surface area (Å²) < 4.78 is 34.8. The fourth-order valence-electron chi connectivity index (χ4n) is 3.25. The molecule has 21 heavy (non-hydrogen) atoms. The molecule has 0 spiro atoms. The van der Waals surface area contributed by atoms with Gasteiger partial charge in [-0.15, -0.1) is 0 Å². The molecule has 2 unspecified atom stereocenters. The fourth-order valence-corrected chi connectivity index (χ4v) is 3.25. The van der Waals surface area contributed by atoms with E-state index in [9.17, 15) is 8.78 Å². The lowest BCUT2D eigenvalue weighted by molar-refractivity contribution is -0.126. The molecule has 0 amide bonds. The zero-order valence-corrected chi connectivity index (χ0v) is 12.4. The van der Waals surface area contributed by atoms with Crippen molar-refractivity contribution in [2.75, 3.05) is 12.3 Å². The van der Waals surface area contributed by atoms with Gasteiger partial charge in [0.2, 0.25) is 5.95 Å². The highest BCUT2D eigenvalue weighted by atomic mass is 19.1. The third kappa shape index (κ3) is 2.00. The minimum atomic E-state index is -0.686. The van der Waals surface area contributed by atoms with E-state index in [2.05, 4.69) is 18.8 Å². The molecule has 1 aromatic heterocycles. The van der Waals surface area contributed by atoms with Crippen LogP contribution in [0.3, 0.4) is 0 Å². The smallest absolute Gasteiger partial charge is 0.201 e. The van der Waals surface area contributed by atoms with E-state index >= 15 is 0 Å². The van der Waals surface area contributed by atoms with Gasteiger partial charge in [0, 0.05) is 30.2 Å². The summed E-state index contributed by atoms with van der Waals surface area (Å²) in [6.45, 7) is 6.74. The van der Waals surface area contributed by atoms with E-state index in [0.717, 1.165) is 12.5 Å². The lowest BCUT2D eigenvalue weighted by Gasteiger charge is -2.52. The van der Waals surface area contributed by atoms with Crippen LogP contribution in [-0.4, -0.2) is 22.3 Å². The van der Waals surface area contributed by atoms with Gasteiger partial charge in [0.1, 0.15) is 11.3 Å². The summed E-state index contributed by atoms with van der Waals surface area (Å²) in [5.74, 6) is -1.10. The number of aromatic nitrogens is 2. The van der Waals surface area contributed by atoms with Gasteiger partial charge >= 0.3 is 0 Å². The molecule has 1 aliphatic rings. The predicted octanol–water partition coefficient (Wildman–Crippen LogP) is 3.27. The zero-order chi connectivity index (χ0) is 15.4. The maximum Gasteiger partial charge on any atom is 0.201 e. The highest BCUT2D eigenvalue weighted by Crippen LogP contribution is 2.53. The summed E-state index contributed by atoms with van der Waals surface area (Å²) in [7, 11) is 0. The Morgan fingerprint density at radius 3 is 2.76 bits per heavy atom. The fraction of sp³-hybridized carbons (Fsp3) is 0.533. The lowest BCUT2D eigenvalue weighted by atomic mass is 9.64. The van der Waals surface area contributed by atoms with E-state index in [4.69, 9.17) is 10.5 Å². The molecular weight excluding hydrogens is 276 g/mol. The van der Waals surface area contributed by atoms with E-state index in [1.807, 2.05) is 6.92 Å². The van der Waals surface area contributed by atoms with E-state index < -0.39 is 11.6 Å². The molecule has 1 heterocycles. The van der Waals surface area contributed by atoms with Crippen LogP contribution in [0.1, 0.15) is 33.2 Å². The maximum atomic E-state index is 13.8. The van der Waals surface area contributed by atoms with Crippen molar-refractivity contribution in [2.45, 2.75) is 39.3 Å². The van der Waals surface area contributed by atoms with Gasteiger partial charge in [-0.3, -0.25) is 0 Å². The molecule has 0 saturated heterocycles. The zero-order valence-electron chi connectivity index (χ0n) is 12.4. The quantitative estimate of drug-likeness (QED) is 0.945. The van der Waals surface area contributed by atoms with Crippen molar-refractivity contribution >= 4 is 17.0 Å². The number of benzene rings is 1. The van der Waals surface area contributed by atoms with E-state index in [-0.39, 0.29) is 29.0 Å². The van der Waals surface area contributed by atoms with Crippen molar-refractivity contribution in [3.05, 3.63) is 23.8 Å². The molecule has 3 rings (SSSR count). The predicted molar refractivity (Wildman–Crippen MR) is 76.9 cm³/mol. The number of anilines is 1. The molecule has 114 valence electrons. The average Bonchev–Trinajstić information content (AvgIpc) is 2.71. The minimum Gasteiger partial charge on any atom is -0.378 e. The Labute approximate surface area is 121 Å². The molecule has 0 aliphatic heterocycles. The van der Waals surface area contributed by atoms with E-state index in [1.165, 1.54) is 6.07 Å². The van der Waals surface area contributed by atoms with Crippen LogP contribution < -0.4 is 5.73 Å². The number of nitrogen functional groups attached to an aromatic ring is 1. The Morgan fingerprint density at radius 2 is 2.14 bits per heavy atom. The Kier molecular flexibility index (Phi) is 3.16. The largest absolute Gasteiger partial charge is 0.378 e. The number of rotatable bonds is 3. The number of nitrogens with two attached hydrogens (primary N) is 1. The van der Waals surface area contributed by atoms with Crippen LogP contribution in [0.2, 0.25) is 0 Å². The topological polar surface area (TPSA) is 53.1 Å². The molecule has 1 fully saturated rings. The summed E-state index contributed by atoms with van der Waals surface area (Å²) in [5.41, 5.74) is 6.30. The molecule has 6 heteroatoms. The van der Waals surface area contributed by atoms with Gasteiger partial charge in [-0.1, -0.05) is 13.8 Å². The van der Waals surface area contributed by atoms with Gasteiger partial charge in [-0.2, -0.15) is 0 Å².